The molecule has 2 amide bonds. The van der Waals surface area contributed by atoms with Crippen LogP contribution in [0.4, 0.5) is 0 Å². The number of carboxylic acid groups (broad SMARTS) is 1. The fraction of sp³-hybridized carbons (Fsp3) is 0.0909. The lowest BCUT2D eigenvalue weighted by molar-refractivity contribution is -0.133. The molecule has 0 radical (unpaired) electrons. The maximum absolute atomic E-state index is 11.8. The van der Waals surface area contributed by atoms with E-state index in [-0.39, 0.29) is 16.7 Å². The van der Waals surface area contributed by atoms with Gasteiger partial charge in [-0.1, -0.05) is 11.8 Å². The molecule has 0 atom stereocenters. The summed E-state index contributed by atoms with van der Waals surface area (Å²) in [5.41, 5.74) is -0.462. The van der Waals surface area contributed by atoms with Gasteiger partial charge in [0.25, 0.3) is 5.91 Å². The van der Waals surface area contributed by atoms with Gasteiger partial charge in [0.15, 0.2) is 22.5 Å². The van der Waals surface area contributed by atoms with Gasteiger partial charge < -0.3 is 9.52 Å². The fourth-order valence-electron chi connectivity index (χ4n) is 1.31. The van der Waals surface area contributed by atoms with Crippen molar-refractivity contribution in [3.8, 4) is 0 Å². The van der Waals surface area contributed by atoms with Crippen molar-refractivity contribution in [1.82, 2.24) is 5.32 Å². The molecule has 0 saturated carbocycles. The third-order valence-corrected chi connectivity index (χ3v) is 3.01. The zero-order chi connectivity index (χ0) is 15.4. The Kier molecular flexibility index (Phi) is 4.28. The van der Waals surface area contributed by atoms with Crippen LogP contribution in [0.15, 0.2) is 32.8 Å². The summed E-state index contributed by atoms with van der Waals surface area (Å²) >= 11 is 0.751. The first-order valence-corrected chi connectivity index (χ1v) is 6.46. The van der Waals surface area contributed by atoms with Crippen molar-refractivity contribution in [2.75, 3.05) is 5.75 Å². The number of carbonyl (C=O) groups excluding carboxylic acids is 2. The number of carboxylic acids is 1. The minimum Gasteiger partial charge on any atom is -0.481 e. The van der Waals surface area contributed by atoms with Crippen LogP contribution >= 0.6 is 11.8 Å². The van der Waals surface area contributed by atoms with E-state index in [1.807, 2.05) is 0 Å². The molecule has 9 nitrogen and oxygen atoms in total. The molecule has 1 aromatic heterocycles. The molecule has 108 valence electrons. The highest BCUT2D eigenvalue weighted by atomic mass is 32.2. The second-order valence-corrected chi connectivity index (χ2v) is 4.61. The van der Waals surface area contributed by atoms with E-state index in [0.717, 1.165) is 11.8 Å². The van der Waals surface area contributed by atoms with Crippen LogP contribution in [0.25, 0.3) is 0 Å². The molecule has 0 bridgehead atoms. The van der Waals surface area contributed by atoms with Crippen LogP contribution in [0.2, 0.25) is 0 Å². The number of rotatable bonds is 3. The molecule has 0 aromatic carbocycles. The summed E-state index contributed by atoms with van der Waals surface area (Å²) in [7, 11) is 0. The van der Waals surface area contributed by atoms with E-state index in [1.54, 1.807) is 0 Å². The maximum atomic E-state index is 11.8. The Bertz CT molecular complexity index is 677. The number of hydrogen-bond acceptors (Lipinski definition) is 6. The van der Waals surface area contributed by atoms with Crippen molar-refractivity contribution < 1.29 is 23.9 Å². The SMILES string of the molecule is N=C1N=C(SCC(=O)O)NC(=O)C1=NC(=O)c1ccco1. The number of carbonyl (C=O) groups is 3. The number of amides is 2. The molecule has 2 heterocycles. The zero-order valence-electron chi connectivity index (χ0n) is 10.3. The van der Waals surface area contributed by atoms with E-state index in [9.17, 15) is 14.4 Å². The van der Waals surface area contributed by atoms with Gasteiger partial charge in [-0.25, -0.2) is 4.99 Å². The monoisotopic (exact) mass is 308 g/mol. The van der Waals surface area contributed by atoms with E-state index in [1.165, 1.54) is 18.4 Å². The normalized spacial score (nSPS) is 16.6. The lowest BCUT2D eigenvalue weighted by Crippen LogP contribution is -2.43. The highest BCUT2D eigenvalue weighted by Gasteiger charge is 2.26. The molecule has 21 heavy (non-hydrogen) atoms. The Morgan fingerprint density at radius 2 is 2.29 bits per heavy atom. The Morgan fingerprint density at radius 1 is 1.52 bits per heavy atom. The molecule has 0 aliphatic carbocycles. The third kappa shape index (κ3) is 3.63. The van der Waals surface area contributed by atoms with Crippen molar-refractivity contribution in [3.05, 3.63) is 24.2 Å². The topological polar surface area (TPSA) is 145 Å². The van der Waals surface area contributed by atoms with Gasteiger partial charge in [-0.3, -0.25) is 25.1 Å². The molecule has 0 saturated heterocycles. The zero-order valence-corrected chi connectivity index (χ0v) is 11.1. The lowest BCUT2D eigenvalue weighted by Gasteiger charge is -2.13. The van der Waals surface area contributed by atoms with E-state index < -0.39 is 29.3 Å². The van der Waals surface area contributed by atoms with Crippen LogP contribution in [0.1, 0.15) is 10.6 Å². The molecule has 2 rings (SSSR count). The fourth-order valence-corrected chi connectivity index (χ4v) is 1.89. The molecular formula is C11H8N4O5S. The third-order valence-electron chi connectivity index (χ3n) is 2.15. The summed E-state index contributed by atoms with van der Waals surface area (Å²) in [4.78, 5) is 41.0. The average Bonchev–Trinajstić information content (AvgIpc) is 2.94. The molecule has 0 unspecified atom stereocenters. The maximum Gasteiger partial charge on any atom is 0.313 e. The van der Waals surface area contributed by atoms with Gasteiger partial charge in [0, 0.05) is 0 Å². The van der Waals surface area contributed by atoms with Crippen molar-refractivity contribution in [2.45, 2.75) is 0 Å². The van der Waals surface area contributed by atoms with E-state index >= 15 is 0 Å². The van der Waals surface area contributed by atoms with Crippen molar-refractivity contribution in [2.24, 2.45) is 9.98 Å². The number of amidine groups is 2. The minimum absolute atomic E-state index is 0.0307. The summed E-state index contributed by atoms with van der Waals surface area (Å²) in [5.74, 6) is -3.61. The van der Waals surface area contributed by atoms with Crippen molar-refractivity contribution in [1.29, 1.82) is 5.41 Å². The van der Waals surface area contributed by atoms with E-state index in [2.05, 4.69) is 15.3 Å². The van der Waals surface area contributed by atoms with Crippen LogP contribution < -0.4 is 5.32 Å². The number of furan rings is 1. The standard InChI is InChI=1S/C11H8N4O5S/c12-8-7(13-9(18)5-2-1-3-20-5)10(19)15-11(14-8)21-4-6(16)17/h1-3H,4H2,(H,16,17)(H2,12,14,15,19). The smallest absolute Gasteiger partial charge is 0.313 e. The predicted octanol–water partition coefficient (Wildman–Crippen LogP) is 0.142. The lowest BCUT2D eigenvalue weighted by atomic mass is 10.3. The van der Waals surface area contributed by atoms with Gasteiger partial charge in [-0.2, -0.15) is 4.99 Å². The van der Waals surface area contributed by atoms with Gasteiger partial charge in [0.05, 0.1) is 12.0 Å². The predicted molar refractivity (Wildman–Crippen MR) is 73.9 cm³/mol. The first kappa shape index (κ1) is 14.7. The Hall–Kier alpha value is -2.75. The first-order chi connectivity index (χ1) is 9.97. The number of aliphatic carboxylic acids is 1. The Balaban J connectivity index is 2.16. The number of nitrogens with one attached hydrogen (secondary N) is 2. The highest BCUT2D eigenvalue weighted by molar-refractivity contribution is 8.14. The molecule has 3 N–H and O–H groups in total. The van der Waals surface area contributed by atoms with Gasteiger partial charge >= 0.3 is 11.9 Å². The molecule has 1 aliphatic rings. The van der Waals surface area contributed by atoms with Crippen LogP contribution in [-0.4, -0.2) is 45.4 Å². The summed E-state index contributed by atoms with van der Waals surface area (Å²) in [6.45, 7) is 0. The highest BCUT2D eigenvalue weighted by Crippen LogP contribution is 2.08. The van der Waals surface area contributed by atoms with Gasteiger partial charge in [0.2, 0.25) is 0 Å². The molecule has 0 fully saturated rings. The molecule has 0 spiro atoms. The van der Waals surface area contributed by atoms with Gasteiger partial charge in [-0.15, -0.1) is 0 Å². The van der Waals surface area contributed by atoms with Crippen LogP contribution in [-0.2, 0) is 9.59 Å². The first-order valence-electron chi connectivity index (χ1n) is 5.47. The second-order valence-electron chi connectivity index (χ2n) is 3.64. The quantitative estimate of drug-likeness (QED) is 0.724. The van der Waals surface area contributed by atoms with Gasteiger partial charge in [-0.05, 0) is 12.1 Å². The number of hydrogen-bond donors (Lipinski definition) is 3. The van der Waals surface area contributed by atoms with Crippen LogP contribution in [0, 0.1) is 5.41 Å². The Morgan fingerprint density at radius 3 is 2.86 bits per heavy atom. The minimum atomic E-state index is -1.09. The largest absolute Gasteiger partial charge is 0.481 e. The second kappa shape index (κ2) is 6.13. The van der Waals surface area contributed by atoms with Crippen molar-refractivity contribution >= 4 is 46.3 Å². The van der Waals surface area contributed by atoms with Crippen LogP contribution in [0.5, 0.6) is 0 Å². The van der Waals surface area contributed by atoms with Crippen molar-refractivity contribution in [3.63, 3.8) is 0 Å². The molecule has 1 aromatic rings. The Labute approximate surface area is 121 Å². The van der Waals surface area contributed by atoms with Gasteiger partial charge in [0.1, 0.15) is 0 Å². The van der Waals surface area contributed by atoms with E-state index in [0.29, 0.717) is 0 Å². The summed E-state index contributed by atoms with van der Waals surface area (Å²) < 4.78 is 4.83. The molecule has 1 aliphatic heterocycles. The van der Waals surface area contributed by atoms with E-state index in [4.69, 9.17) is 14.9 Å². The summed E-state index contributed by atoms with van der Waals surface area (Å²) in [6.07, 6.45) is 1.28. The number of aliphatic imine (C=N–C) groups is 2. The summed E-state index contributed by atoms with van der Waals surface area (Å²) in [5, 5.41) is 18.3. The molecule has 10 heteroatoms. The molecular weight excluding hydrogens is 300 g/mol. The number of thioether (sulfide) groups is 1. The summed E-state index contributed by atoms with van der Waals surface area (Å²) in [6, 6.07) is 2.85. The van der Waals surface area contributed by atoms with Crippen LogP contribution in [0.3, 0.4) is 0 Å². The average molecular weight is 308 g/mol. The number of nitrogens with zero attached hydrogens (tertiary/aromatic N) is 2.